The topological polar surface area (TPSA) is 138 Å². The van der Waals surface area contributed by atoms with Crippen molar-refractivity contribution in [2.45, 2.75) is 39.0 Å². The van der Waals surface area contributed by atoms with Gasteiger partial charge in [0.25, 0.3) is 0 Å². The van der Waals surface area contributed by atoms with E-state index in [-0.39, 0.29) is 36.7 Å². The third-order valence-electron chi connectivity index (χ3n) is 6.25. The SMILES string of the molecule is CC(=O)c1cn(CC(=O)N2C[C@H](F)C[C@H]2C(=O)Nc2ccc(C)c(F)c2)c2cc(OCP(=O)(O)O)ccc12. The van der Waals surface area contributed by atoms with E-state index in [1.807, 2.05) is 0 Å². The fraction of sp³-hybridized carbons (Fsp3) is 0.320. The molecule has 3 N–H and O–H groups in total. The highest BCUT2D eigenvalue weighted by atomic mass is 31.2. The molecule has 13 heteroatoms. The smallest absolute Gasteiger partial charge is 0.362 e. The Kier molecular flexibility index (Phi) is 7.68. The monoisotopic (exact) mass is 549 g/mol. The molecule has 1 aliphatic rings. The number of ether oxygens (including phenoxy) is 1. The number of likely N-dealkylation sites (tertiary alicyclic amines) is 1. The molecule has 2 aromatic carbocycles. The molecule has 2 atom stereocenters. The number of nitrogens with zero attached hydrogens (tertiary/aromatic N) is 2. The Morgan fingerprint density at radius 1 is 1.18 bits per heavy atom. The van der Waals surface area contributed by atoms with Gasteiger partial charge in [0.1, 0.15) is 30.3 Å². The van der Waals surface area contributed by atoms with Crippen LogP contribution in [0.25, 0.3) is 10.9 Å². The number of ketones is 1. The lowest BCUT2D eigenvalue weighted by Crippen LogP contribution is -2.44. The summed E-state index contributed by atoms with van der Waals surface area (Å²) in [4.78, 5) is 57.6. The molecule has 2 heterocycles. The van der Waals surface area contributed by atoms with E-state index in [4.69, 9.17) is 14.5 Å². The minimum absolute atomic E-state index is 0.107. The number of anilines is 1. The van der Waals surface area contributed by atoms with Crippen molar-refractivity contribution in [3.8, 4) is 5.75 Å². The van der Waals surface area contributed by atoms with Gasteiger partial charge < -0.3 is 29.3 Å². The molecule has 3 aromatic rings. The number of alkyl halides is 1. The van der Waals surface area contributed by atoms with Gasteiger partial charge in [-0.25, -0.2) is 8.78 Å². The van der Waals surface area contributed by atoms with E-state index < -0.39 is 43.8 Å². The molecule has 0 radical (unpaired) electrons. The fourth-order valence-electron chi connectivity index (χ4n) is 4.37. The van der Waals surface area contributed by atoms with Gasteiger partial charge in [-0.2, -0.15) is 0 Å². The molecule has 202 valence electrons. The Labute approximate surface area is 216 Å². The number of fused-ring (bicyclic) bond motifs is 1. The molecule has 0 spiro atoms. The number of aromatic nitrogens is 1. The van der Waals surface area contributed by atoms with Crippen LogP contribution in [0.15, 0.2) is 42.6 Å². The first-order valence-corrected chi connectivity index (χ1v) is 13.4. The Morgan fingerprint density at radius 2 is 1.92 bits per heavy atom. The average molecular weight is 549 g/mol. The molecule has 1 fully saturated rings. The molecule has 0 aliphatic carbocycles. The van der Waals surface area contributed by atoms with Crippen LogP contribution in [-0.2, 0) is 20.7 Å². The molecular formula is C25H26F2N3O7P. The number of halogens is 2. The summed E-state index contributed by atoms with van der Waals surface area (Å²) in [5.74, 6) is -1.94. The second kappa shape index (κ2) is 10.6. The molecule has 0 saturated carbocycles. The Balaban J connectivity index is 1.58. The number of benzene rings is 2. The van der Waals surface area contributed by atoms with Crippen molar-refractivity contribution in [2.75, 3.05) is 18.2 Å². The van der Waals surface area contributed by atoms with Gasteiger partial charge in [0.15, 0.2) is 12.1 Å². The highest BCUT2D eigenvalue weighted by molar-refractivity contribution is 7.51. The van der Waals surface area contributed by atoms with E-state index in [9.17, 15) is 27.7 Å². The van der Waals surface area contributed by atoms with Crippen molar-refractivity contribution in [1.82, 2.24) is 9.47 Å². The van der Waals surface area contributed by atoms with Gasteiger partial charge in [-0.3, -0.25) is 18.9 Å². The van der Waals surface area contributed by atoms with Crippen LogP contribution in [0.1, 0.15) is 29.3 Å². The van der Waals surface area contributed by atoms with Gasteiger partial charge in [0.05, 0.1) is 12.1 Å². The second-order valence-electron chi connectivity index (χ2n) is 9.19. The van der Waals surface area contributed by atoms with Crippen LogP contribution in [-0.4, -0.2) is 62.0 Å². The maximum Gasteiger partial charge on any atom is 0.362 e. The van der Waals surface area contributed by atoms with Crippen LogP contribution >= 0.6 is 7.60 Å². The highest BCUT2D eigenvalue weighted by Crippen LogP contribution is 2.35. The van der Waals surface area contributed by atoms with Gasteiger partial charge in [-0.15, -0.1) is 0 Å². The zero-order valence-electron chi connectivity index (χ0n) is 20.6. The summed E-state index contributed by atoms with van der Waals surface area (Å²) >= 11 is 0. The lowest BCUT2D eigenvalue weighted by molar-refractivity contribution is -0.137. The zero-order chi connectivity index (χ0) is 27.8. The number of hydrogen-bond donors (Lipinski definition) is 3. The molecule has 0 bridgehead atoms. The summed E-state index contributed by atoms with van der Waals surface area (Å²) in [5, 5.41) is 3.01. The van der Waals surface area contributed by atoms with Crippen LogP contribution in [0.5, 0.6) is 5.75 Å². The predicted molar refractivity (Wildman–Crippen MR) is 134 cm³/mol. The molecule has 0 unspecified atom stereocenters. The number of carbonyl (C=O) groups excluding carboxylic acids is 3. The molecule has 4 rings (SSSR count). The maximum atomic E-state index is 14.4. The molecular weight excluding hydrogens is 523 g/mol. The third kappa shape index (κ3) is 6.09. The minimum Gasteiger partial charge on any atom is -0.481 e. The van der Waals surface area contributed by atoms with Crippen LogP contribution in [0.3, 0.4) is 0 Å². The van der Waals surface area contributed by atoms with Crippen molar-refractivity contribution in [3.05, 3.63) is 59.5 Å². The van der Waals surface area contributed by atoms with Crippen LogP contribution < -0.4 is 10.1 Å². The maximum absolute atomic E-state index is 14.4. The van der Waals surface area contributed by atoms with Gasteiger partial charge >= 0.3 is 7.60 Å². The number of aryl methyl sites for hydroxylation is 1. The molecule has 10 nitrogen and oxygen atoms in total. The van der Waals surface area contributed by atoms with Crippen molar-refractivity contribution in [2.24, 2.45) is 0 Å². The summed E-state index contributed by atoms with van der Waals surface area (Å²) in [5.41, 5.74) is 1.25. The number of Topliss-reactive ketones (excluding diaryl/α,β-unsaturated/α-hetero) is 1. The lowest BCUT2D eigenvalue weighted by Gasteiger charge is -2.24. The lowest BCUT2D eigenvalue weighted by atomic mass is 10.1. The third-order valence-corrected chi connectivity index (χ3v) is 6.72. The summed E-state index contributed by atoms with van der Waals surface area (Å²) in [6, 6.07) is 7.42. The van der Waals surface area contributed by atoms with Crippen LogP contribution in [0.2, 0.25) is 0 Å². The van der Waals surface area contributed by atoms with Gasteiger partial charge in [0.2, 0.25) is 11.8 Å². The zero-order valence-corrected chi connectivity index (χ0v) is 21.5. The number of hydrogen-bond acceptors (Lipinski definition) is 5. The first-order chi connectivity index (χ1) is 17.8. The van der Waals surface area contributed by atoms with Gasteiger partial charge in [-0.1, -0.05) is 6.07 Å². The van der Waals surface area contributed by atoms with E-state index >= 15 is 0 Å². The largest absolute Gasteiger partial charge is 0.481 e. The quantitative estimate of drug-likeness (QED) is 0.289. The van der Waals surface area contributed by atoms with Gasteiger partial charge in [0, 0.05) is 35.3 Å². The standard InChI is InChI=1S/C25H26F2N3O7P/c1-14-3-4-17(8-21(14)27)28-25(33)23-7-16(26)10-30(23)24(32)12-29-11-20(15(2)31)19-6-5-18(9-22(19)29)37-13-38(34,35)36/h3-6,8-9,11,16,23H,7,10,12-13H2,1-2H3,(H,28,33)(H2,34,35,36)/t16-,23+/m1/s1. The normalized spacial score (nSPS) is 17.6. The van der Waals surface area contributed by atoms with Crippen molar-refractivity contribution < 1.29 is 42.3 Å². The first kappa shape index (κ1) is 27.4. The Bertz CT molecular complexity index is 1470. The number of rotatable bonds is 8. The summed E-state index contributed by atoms with van der Waals surface area (Å²) in [6.07, 6.45) is -1.07. The molecule has 38 heavy (non-hydrogen) atoms. The molecule has 1 saturated heterocycles. The number of amides is 2. The highest BCUT2D eigenvalue weighted by Gasteiger charge is 2.40. The summed E-state index contributed by atoms with van der Waals surface area (Å²) < 4.78 is 46.0. The van der Waals surface area contributed by atoms with Crippen LogP contribution in [0, 0.1) is 12.7 Å². The fourth-order valence-corrected chi connectivity index (χ4v) is 4.69. The van der Waals surface area contributed by atoms with E-state index in [1.54, 1.807) is 6.92 Å². The molecule has 2 amide bonds. The number of nitrogens with one attached hydrogen (secondary N) is 1. The van der Waals surface area contributed by atoms with E-state index in [0.29, 0.717) is 22.0 Å². The average Bonchev–Trinajstić information content (AvgIpc) is 3.40. The first-order valence-electron chi connectivity index (χ1n) is 11.6. The summed E-state index contributed by atoms with van der Waals surface area (Å²) in [6.45, 7) is 2.26. The van der Waals surface area contributed by atoms with Crippen molar-refractivity contribution >= 4 is 41.8 Å². The summed E-state index contributed by atoms with van der Waals surface area (Å²) in [7, 11) is -4.44. The Morgan fingerprint density at radius 3 is 2.58 bits per heavy atom. The Hall–Kier alpha value is -3.60. The number of carbonyl (C=O) groups is 3. The van der Waals surface area contributed by atoms with E-state index in [2.05, 4.69) is 5.32 Å². The molecule has 1 aromatic heterocycles. The van der Waals surface area contributed by atoms with Gasteiger partial charge in [-0.05, 0) is 43.7 Å². The van der Waals surface area contributed by atoms with Crippen LogP contribution in [0.4, 0.5) is 14.5 Å². The minimum atomic E-state index is -4.44. The second-order valence-corrected chi connectivity index (χ2v) is 10.8. The van der Waals surface area contributed by atoms with Crippen molar-refractivity contribution in [3.63, 3.8) is 0 Å². The predicted octanol–water partition coefficient (Wildman–Crippen LogP) is 3.38. The molecule has 1 aliphatic heterocycles. The van der Waals surface area contributed by atoms with Crippen molar-refractivity contribution in [1.29, 1.82) is 0 Å². The van der Waals surface area contributed by atoms with E-state index in [1.165, 1.54) is 48.0 Å². The van der Waals surface area contributed by atoms with E-state index in [0.717, 1.165) is 11.0 Å².